The van der Waals surface area contributed by atoms with E-state index in [9.17, 15) is 14.4 Å². The Kier molecular flexibility index (Phi) is 6.40. The van der Waals surface area contributed by atoms with Gasteiger partial charge in [0.15, 0.2) is 0 Å². The van der Waals surface area contributed by atoms with Crippen molar-refractivity contribution >= 4 is 51.1 Å². The lowest BCUT2D eigenvalue weighted by Gasteiger charge is -2.13. The molecule has 37 heavy (non-hydrogen) atoms. The second kappa shape index (κ2) is 9.96. The van der Waals surface area contributed by atoms with Crippen LogP contribution < -0.4 is 16.4 Å². The van der Waals surface area contributed by atoms with Crippen molar-refractivity contribution in [2.45, 2.75) is 6.54 Å². The van der Waals surface area contributed by atoms with Gasteiger partial charge in [0.05, 0.1) is 23.7 Å². The van der Waals surface area contributed by atoms with Crippen LogP contribution >= 0.6 is 0 Å². The molecule has 0 saturated carbocycles. The summed E-state index contributed by atoms with van der Waals surface area (Å²) >= 11 is 0. The van der Waals surface area contributed by atoms with Crippen molar-refractivity contribution in [3.63, 3.8) is 0 Å². The number of methoxy groups -OCH3 is 1. The van der Waals surface area contributed by atoms with Crippen molar-refractivity contribution in [1.29, 1.82) is 0 Å². The molecule has 0 aliphatic carbocycles. The summed E-state index contributed by atoms with van der Waals surface area (Å²) in [4.78, 5) is 38.7. The molecule has 4 N–H and O–H groups in total. The monoisotopic (exact) mass is 492 g/mol. The van der Waals surface area contributed by atoms with E-state index in [4.69, 9.17) is 10.5 Å². The SMILES string of the molecule is COC(=O)c1cc(NC(=O)c2ccc(CN)cc2)cc(NC(=O)n2c3ccccc3c3ccccc32)c1. The van der Waals surface area contributed by atoms with Gasteiger partial charge in [-0.05, 0) is 48.0 Å². The average Bonchev–Trinajstić information content (AvgIpc) is 3.27. The molecule has 0 atom stereocenters. The number of rotatable bonds is 5. The van der Waals surface area contributed by atoms with E-state index in [2.05, 4.69) is 10.6 Å². The van der Waals surface area contributed by atoms with E-state index in [1.807, 2.05) is 48.5 Å². The van der Waals surface area contributed by atoms with E-state index in [0.717, 1.165) is 27.4 Å². The Balaban J connectivity index is 1.49. The fourth-order valence-corrected chi connectivity index (χ4v) is 4.32. The van der Waals surface area contributed by atoms with Crippen LogP contribution in [0.2, 0.25) is 0 Å². The molecule has 5 rings (SSSR count). The number of esters is 1. The van der Waals surface area contributed by atoms with Crippen LogP contribution in [0.25, 0.3) is 21.8 Å². The number of carbonyl (C=O) groups is 3. The van der Waals surface area contributed by atoms with Crippen LogP contribution in [0.1, 0.15) is 26.3 Å². The van der Waals surface area contributed by atoms with E-state index in [1.54, 1.807) is 34.9 Å². The van der Waals surface area contributed by atoms with Gasteiger partial charge in [-0.2, -0.15) is 0 Å². The zero-order valence-electron chi connectivity index (χ0n) is 20.0. The number of fused-ring (bicyclic) bond motifs is 3. The van der Waals surface area contributed by atoms with Gasteiger partial charge in [0, 0.05) is 34.3 Å². The van der Waals surface area contributed by atoms with Crippen molar-refractivity contribution in [3.8, 4) is 0 Å². The van der Waals surface area contributed by atoms with Crippen LogP contribution in [-0.2, 0) is 11.3 Å². The second-order valence-corrected chi connectivity index (χ2v) is 8.45. The number of carbonyl (C=O) groups excluding carboxylic acids is 3. The number of hydrogen-bond donors (Lipinski definition) is 3. The van der Waals surface area contributed by atoms with E-state index in [0.29, 0.717) is 23.5 Å². The molecule has 1 heterocycles. The van der Waals surface area contributed by atoms with E-state index >= 15 is 0 Å². The van der Waals surface area contributed by atoms with Gasteiger partial charge in [-0.15, -0.1) is 0 Å². The Labute approximate surface area is 212 Å². The first-order chi connectivity index (χ1) is 18.0. The Morgan fingerprint density at radius 3 is 1.89 bits per heavy atom. The first-order valence-corrected chi connectivity index (χ1v) is 11.6. The van der Waals surface area contributed by atoms with Gasteiger partial charge in [0.25, 0.3) is 5.91 Å². The van der Waals surface area contributed by atoms with Gasteiger partial charge < -0.3 is 21.1 Å². The number of ether oxygens (including phenoxy) is 1. The van der Waals surface area contributed by atoms with Gasteiger partial charge in [-0.1, -0.05) is 48.5 Å². The topological polar surface area (TPSA) is 115 Å². The number of nitrogens with zero attached hydrogens (tertiary/aromatic N) is 1. The molecule has 0 aliphatic rings. The van der Waals surface area contributed by atoms with Gasteiger partial charge >= 0.3 is 12.0 Å². The van der Waals surface area contributed by atoms with Crippen LogP contribution in [0.5, 0.6) is 0 Å². The maximum atomic E-state index is 13.5. The van der Waals surface area contributed by atoms with Crippen LogP contribution in [0, 0.1) is 0 Å². The lowest BCUT2D eigenvalue weighted by Crippen LogP contribution is -2.20. The van der Waals surface area contributed by atoms with Crippen molar-refractivity contribution < 1.29 is 19.1 Å². The lowest BCUT2D eigenvalue weighted by atomic mass is 10.1. The number of anilines is 2. The summed E-state index contributed by atoms with van der Waals surface area (Å²) in [5.41, 5.74) is 9.29. The summed E-state index contributed by atoms with van der Waals surface area (Å²) in [5.74, 6) is -0.971. The zero-order chi connectivity index (χ0) is 25.9. The first kappa shape index (κ1) is 23.8. The molecule has 2 amide bonds. The van der Waals surface area contributed by atoms with Crippen molar-refractivity contribution in [3.05, 3.63) is 108 Å². The second-order valence-electron chi connectivity index (χ2n) is 8.45. The van der Waals surface area contributed by atoms with Crippen molar-refractivity contribution in [1.82, 2.24) is 4.57 Å². The number of nitrogens with one attached hydrogen (secondary N) is 2. The van der Waals surface area contributed by atoms with Crippen LogP contribution in [-0.4, -0.2) is 29.6 Å². The molecular weight excluding hydrogens is 468 g/mol. The Morgan fingerprint density at radius 2 is 1.32 bits per heavy atom. The molecule has 184 valence electrons. The molecule has 1 aromatic heterocycles. The van der Waals surface area contributed by atoms with E-state index < -0.39 is 12.0 Å². The van der Waals surface area contributed by atoms with Crippen molar-refractivity contribution in [2.24, 2.45) is 5.73 Å². The minimum absolute atomic E-state index is 0.177. The Morgan fingerprint density at radius 1 is 0.757 bits per heavy atom. The molecular formula is C29H24N4O4. The third-order valence-electron chi connectivity index (χ3n) is 6.10. The fourth-order valence-electron chi connectivity index (χ4n) is 4.32. The molecule has 8 nitrogen and oxygen atoms in total. The standard InChI is InChI=1S/C29H24N4O4/c1-37-28(35)20-14-21(31-27(34)19-12-10-18(17-30)11-13-19)16-22(15-20)32-29(36)33-25-8-4-2-6-23(25)24-7-3-5-9-26(24)33/h2-16H,17,30H2,1H3,(H,31,34)(H,32,36). The molecule has 0 spiro atoms. The van der Waals surface area contributed by atoms with Gasteiger partial charge in [0.1, 0.15) is 0 Å². The van der Waals surface area contributed by atoms with Gasteiger partial charge in [0.2, 0.25) is 0 Å². The molecule has 5 aromatic rings. The average molecular weight is 493 g/mol. The molecule has 0 saturated heterocycles. The summed E-state index contributed by atoms with van der Waals surface area (Å²) in [7, 11) is 1.27. The summed E-state index contributed by atoms with van der Waals surface area (Å²) in [6, 6.07) is 26.4. The summed E-state index contributed by atoms with van der Waals surface area (Å²) in [6.45, 7) is 0.373. The summed E-state index contributed by atoms with van der Waals surface area (Å²) < 4.78 is 6.46. The maximum Gasteiger partial charge on any atom is 0.337 e. The quantitative estimate of drug-likeness (QED) is 0.285. The highest BCUT2D eigenvalue weighted by Gasteiger charge is 2.18. The number of nitrogens with two attached hydrogens (primary N) is 1. The predicted octanol–water partition coefficient (Wildman–Crippen LogP) is 5.37. The van der Waals surface area contributed by atoms with E-state index in [-0.39, 0.29) is 11.5 Å². The van der Waals surface area contributed by atoms with Crippen LogP contribution in [0.15, 0.2) is 91.0 Å². The Bertz CT molecular complexity index is 1600. The van der Waals surface area contributed by atoms with Gasteiger partial charge in [-0.25, -0.2) is 9.59 Å². The Hall–Kier alpha value is -4.95. The third kappa shape index (κ3) is 4.65. The van der Waals surface area contributed by atoms with Crippen LogP contribution in [0.4, 0.5) is 16.2 Å². The number of benzene rings is 4. The third-order valence-corrected chi connectivity index (χ3v) is 6.10. The molecule has 0 radical (unpaired) electrons. The van der Waals surface area contributed by atoms with Crippen LogP contribution in [0.3, 0.4) is 0 Å². The molecule has 8 heteroatoms. The highest BCUT2D eigenvalue weighted by Crippen LogP contribution is 2.29. The molecule has 0 aliphatic heterocycles. The summed E-state index contributed by atoms with van der Waals surface area (Å²) in [6.07, 6.45) is 0. The smallest absolute Gasteiger partial charge is 0.337 e. The van der Waals surface area contributed by atoms with Crippen molar-refractivity contribution in [2.75, 3.05) is 17.7 Å². The minimum atomic E-state index is -0.601. The molecule has 0 bridgehead atoms. The molecule has 0 fully saturated rings. The number of hydrogen-bond acceptors (Lipinski definition) is 5. The lowest BCUT2D eigenvalue weighted by molar-refractivity contribution is 0.0600. The number of para-hydroxylation sites is 2. The minimum Gasteiger partial charge on any atom is -0.465 e. The largest absolute Gasteiger partial charge is 0.465 e. The zero-order valence-corrected chi connectivity index (χ0v) is 20.0. The number of amides is 2. The van der Waals surface area contributed by atoms with E-state index in [1.165, 1.54) is 19.2 Å². The molecule has 0 unspecified atom stereocenters. The van der Waals surface area contributed by atoms with Gasteiger partial charge in [-0.3, -0.25) is 9.36 Å². The normalized spacial score (nSPS) is 10.9. The number of aromatic nitrogens is 1. The fraction of sp³-hybridized carbons (Fsp3) is 0.0690. The first-order valence-electron chi connectivity index (χ1n) is 11.6. The summed E-state index contributed by atoms with van der Waals surface area (Å²) in [5, 5.41) is 7.55. The maximum absolute atomic E-state index is 13.5. The molecule has 4 aromatic carbocycles. The predicted molar refractivity (Wildman–Crippen MR) is 144 cm³/mol. The highest BCUT2D eigenvalue weighted by atomic mass is 16.5. The highest BCUT2D eigenvalue weighted by molar-refractivity contribution is 6.15.